The minimum atomic E-state index is -0.905. The van der Waals surface area contributed by atoms with Crippen molar-refractivity contribution in [3.63, 3.8) is 0 Å². The number of esters is 1. The molecule has 0 fully saturated rings. The van der Waals surface area contributed by atoms with E-state index in [0.29, 0.717) is 24.3 Å². The van der Waals surface area contributed by atoms with Crippen LogP contribution in [0.2, 0.25) is 0 Å². The average molecular weight is 254 g/mol. The lowest BCUT2D eigenvalue weighted by Crippen LogP contribution is -2.05. The second-order valence-corrected chi connectivity index (χ2v) is 5.53. The molecule has 0 aliphatic rings. The van der Waals surface area contributed by atoms with Crippen molar-refractivity contribution in [2.24, 2.45) is 0 Å². The Balaban J connectivity index is 2.32. The van der Waals surface area contributed by atoms with E-state index in [2.05, 4.69) is 4.74 Å². The van der Waals surface area contributed by atoms with Gasteiger partial charge in [-0.3, -0.25) is 9.00 Å². The summed E-state index contributed by atoms with van der Waals surface area (Å²) in [4.78, 5) is 10.9. The van der Waals surface area contributed by atoms with Crippen LogP contribution in [0.3, 0.4) is 0 Å². The highest BCUT2D eigenvalue weighted by Crippen LogP contribution is 2.08. The van der Waals surface area contributed by atoms with Gasteiger partial charge in [0.2, 0.25) is 0 Å². The molecular formula is C13H18O3S. The maximum atomic E-state index is 11.8. The summed E-state index contributed by atoms with van der Waals surface area (Å²) in [6, 6.07) is 8.00. The maximum Gasteiger partial charge on any atom is 0.305 e. The molecule has 0 aliphatic carbocycles. The summed E-state index contributed by atoms with van der Waals surface area (Å²) >= 11 is 0. The van der Waals surface area contributed by atoms with E-state index >= 15 is 0 Å². The molecule has 0 spiro atoms. The van der Waals surface area contributed by atoms with E-state index in [4.69, 9.17) is 0 Å². The van der Waals surface area contributed by atoms with E-state index in [-0.39, 0.29) is 5.97 Å². The van der Waals surface area contributed by atoms with Crippen molar-refractivity contribution in [1.82, 2.24) is 0 Å². The molecule has 4 heteroatoms. The number of hydrogen-bond donors (Lipinski definition) is 0. The van der Waals surface area contributed by atoms with Gasteiger partial charge in [-0.15, -0.1) is 0 Å². The molecule has 0 bridgehead atoms. The Bertz CT molecular complexity index is 401. The Morgan fingerprint density at radius 2 is 2.18 bits per heavy atom. The van der Waals surface area contributed by atoms with Crippen LogP contribution < -0.4 is 0 Å². The molecule has 17 heavy (non-hydrogen) atoms. The van der Waals surface area contributed by atoms with Gasteiger partial charge in [-0.05, 0) is 18.9 Å². The van der Waals surface area contributed by atoms with Crippen LogP contribution in [0.25, 0.3) is 0 Å². The molecule has 0 saturated heterocycles. The predicted molar refractivity (Wildman–Crippen MR) is 69.1 cm³/mol. The molecule has 3 nitrogen and oxygen atoms in total. The zero-order valence-electron chi connectivity index (χ0n) is 10.3. The fraction of sp³-hybridized carbons (Fsp3) is 0.462. The van der Waals surface area contributed by atoms with Crippen LogP contribution in [0.1, 0.15) is 24.0 Å². The smallest absolute Gasteiger partial charge is 0.305 e. The first-order valence-electron chi connectivity index (χ1n) is 5.59. The molecular weight excluding hydrogens is 236 g/mol. The summed E-state index contributed by atoms with van der Waals surface area (Å²) in [6.07, 6.45) is 0.959. The van der Waals surface area contributed by atoms with Crippen LogP contribution in [0.5, 0.6) is 0 Å². The Morgan fingerprint density at radius 1 is 1.41 bits per heavy atom. The predicted octanol–water partition coefficient (Wildman–Crippen LogP) is 2.20. The quantitative estimate of drug-likeness (QED) is 0.731. The fourth-order valence-corrected chi connectivity index (χ4v) is 2.70. The van der Waals surface area contributed by atoms with Gasteiger partial charge < -0.3 is 4.74 Å². The Labute approximate surface area is 105 Å². The first kappa shape index (κ1) is 13.9. The summed E-state index contributed by atoms with van der Waals surface area (Å²) in [5, 5.41) is 0. The highest BCUT2D eigenvalue weighted by atomic mass is 32.2. The van der Waals surface area contributed by atoms with Gasteiger partial charge in [-0.25, -0.2) is 0 Å². The molecule has 0 amide bonds. The summed E-state index contributed by atoms with van der Waals surface area (Å²) in [7, 11) is 0.462. The minimum Gasteiger partial charge on any atom is -0.469 e. The topological polar surface area (TPSA) is 43.4 Å². The lowest BCUT2D eigenvalue weighted by molar-refractivity contribution is -0.140. The third kappa shape index (κ3) is 5.63. The average Bonchev–Trinajstić information content (AvgIpc) is 2.28. The van der Waals surface area contributed by atoms with Crippen LogP contribution in [0, 0.1) is 6.92 Å². The van der Waals surface area contributed by atoms with E-state index in [0.717, 1.165) is 5.56 Å². The molecule has 0 N–H and O–H groups in total. The molecule has 94 valence electrons. The van der Waals surface area contributed by atoms with Crippen LogP contribution in [0.4, 0.5) is 0 Å². The molecule has 1 rings (SSSR count). The number of methoxy groups -OCH3 is 1. The van der Waals surface area contributed by atoms with E-state index in [1.807, 2.05) is 31.2 Å². The van der Waals surface area contributed by atoms with Crippen molar-refractivity contribution >= 4 is 16.8 Å². The molecule has 0 radical (unpaired) electrons. The van der Waals surface area contributed by atoms with Gasteiger partial charge in [0, 0.05) is 28.7 Å². The number of carbonyl (C=O) groups excluding carboxylic acids is 1. The molecule has 1 atom stereocenters. The Kier molecular flexibility index (Phi) is 5.91. The fourth-order valence-electron chi connectivity index (χ4n) is 1.54. The van der Waals surface area contributed by atoms with Gasteiger partial charge in [0.25, 0.3) is 0 Å². The highest BCUT2D eigenvalue weighted by molar-refractivity contribution is 7.84. The van der Waals surface area contributed by atoms with Gasteiger partial charge in [-0.2, -0.15) is 0 Å². The maximum absolute atomic E-state index is 11.8. The molecule has 1 unspecified atom stereocenters. The highest BCUT2D eigenvalue weighted by Gasteiger charge is 2.05. The lowest BCUT2D eigenvalue weighted by atomic mass is 10.2. The van der Waals surface area contributed by atoms with Gasteiger partial charge in [0.15, 0.2) is 0 Å². The van der Waals surface area contributed by atoms with Crippen molar-refractivity contribution in [1.29, 1.82) is 0 Å². The zero-order valence-corrected chi connectivity index (χ0v) is 11.1. The summed E-state index contributed by atoms with van der Waals surface area (Å²) in [5.74, 6) is 0.865. The van der Waals surface area contributed by atoms with E-state index in [1.54, 1.807) is 0 Å². The molecule has 0 aliphatic heterocycles. The molecule has 0 heterocycles. The van der Waals surface area contributed by atoms with Crippen LogP contribution in [-0.2, 0) is 26.1 Å². The van der Waals surface area contributed by atoms with Gasteiger partial charge in [0.1, 0.15) is 0 Å². The third-order valence-corrected chi connectivity index (χ3v) is 3.79. The normalized spacial score (nSPS) is 12.1. The first-order chi connectivity index (χ1) is 8.11. The number of rotatable bonds is 6. The summed E-state index contributed by atoms with van der Waals surface area (Å²) in [5.41, 5.74) is 2.26. The van der Waals surface area contributed by atoms with Gasteiger partial charge >= 0.3 is 5.97 Å². The second kappa shape index (κ2) is 7.22. The zero-order chi connectivity index (χ0) is 12.7. The van der Waals surface area contributed by atoms with Crippen molar-refractivity contribution in [2.75, 3.05) is 12.9 Å². The monoisotopic (exact) mass is 254 g/mol. The van der Waals surface area contributed by atoms with Crippen LogP contribution >= 0.6 is 0 Å². The number of ether oxygens (including phenoxy) is 1. The first-order valence-corrected chi connectivity index (χ1v) is 7.08. The van der Waals surface area contributed by atoms with E-state index in [9.17, 15) is 9.00 Å². The molecule has 0 aromatic heterocycles. The molecule has 0 saturated carbocycles. The molecule has 1 aromatic carbocycles. The number of benzene rings is 1. The van der Waals surface area contributed by atoms with Crippen molar-refractivity contribution in [3.8, 4) is 0 Å². The van der Waals surface area contributed by atoms with Crippen molar-refractivity contribution < 1.29 is 13.7 Å². The van der Waals surface area contributed by atoms with E-state index in [1.165, 1.54) is 12.7 Å². The summed E-state index contributed by atoms with van der Waals surface area (Å²) < 4.78 is 16.3. The SMILES string of the molecule is COC(=O)CCCS(=O)Cc1cccc(C)c1. The number of aryl methyl sites for hydroxylation is 1. The van der Waals surface area contributed by atoms with Crippen LogP contribution in [-0.4, -0.2) is 23.0 Å². The number of carbonyl (C=O) groups is 1. The largest absolute Gasteiger partial charge is 0.469 e. The lowest BCUT2D eigenvalue weighted by Gasteiger charge is -2.03. The van der Waals surface area contributed by atoms with Crippen molar-refractivity contribution in [2.45, 2.75) is 25.5 Å². The molecule has 1 aromatic rings. The third-order valence-electron chi connectivity index (χ3n) is 2.39. The minimum absolute atomic E-state index is 0.238. The second-order valence-electron chi connectivity index (χ2n) is 3.96. The Hall–Kier alpha value is -1.16. The van der Waals surface area contributed by atoms with E-state index < -0.39 is 10.8 Å². The number of hydrogen-bond acceptors (Lipinski definition) is 3. The Morgan fingerprint density at radius 3 is 2.82 bits per heavy atom. The van der Waals surface area contributed by atoms with Gasteiger partial charge in [-0.1, -0.05) is 29.8 Å². The van der Waals surface area contributed by atoms with Crippen molar-refractivity contribution in [3.05, 3.63) is 35.4 Å². The van der Waals surface area contributed by atoms with Crippen LogP contribution in [0.15, 0.2) is 24.3 Å². The standard InChI is InChI=1S/C13H18O3S/c1-11-5-3-6-12(9-11)10-17(15)8-4-7-13(14)16-2/h3,5-6,9H,4,7-8,10H2,1-2H3. The summed E-state index contributed by atoms with van der Waals surface area (Å²) in [6.45, 7) is 2.02. The van der Waals surface area contributed by atoms with Gasteiger partial charge in [0.05, 0.1) is 7.11 Å².